The molecule has 198 valence electrons. The largest absolute Gasteiger partial charge is 0.494 e. The number of aryl methyl sites for hydroxylation is 3. The van der Waals surface area contributed by atoms with Gasteiger partial charge < -0.3 is 24.8 Å². The third kappa shape index (κ3) is 6.60. The van der Waals surface area contributed by atoms with Gasteiger partial charge in [-0.05, 0) is 51.6 Å². The van der Waals surface area contributed by atoms with E-state index >= 15 is 0 Å². The number of hydrogen-bond acceptors (Lipinski definition) is 7. The Kier molecular flexibility index (Phi) is 9.53. The zero-order valence-electron chi connectivity index (χ0n) is 23.7. The SMILES string of the molecule is C=C(c1cc(C)ccc1C)N(C)c1cnc(Nc2ccc(N3CCN(C)CC3)cc2OC)nc1C.CC. The Morgan fingerprint density at radius 3 is 2.38 bits per heavy atom. The molecule has 1 N–H and O–H groups in total. The number of anilines is 4. The highest BCUT2D eigenvalue weighted by Crippen LogP contribution is 2.33. The molecule has 4 rings (SSSR count). The van der Waals surface area contributed by atoms with E-state index in [4.69, 9.17) is 9.72 Å². The van der Waals surface area contributed by atoms with Gasteiger partial charge in [-0.15, -0.1) is 0 Å². The van der Waals surface area contributed by atoms with E-state index in [1.165, 1.54) is 16.8 Å². The summed E-state index contributed by atoms with van der Waals surface area (Å²) in [5.41, 5.74) is 8.23. The standard InChI is InChI=1S/C28H36N6O.C2H6/c1-19-8-9-20(2)24(16-19)22(4)33(6)26-18-29-28(30-21(26)3)31-25-11-10-23(17-27(25)35-7)34-14-12-32(5)13-15-34;1-2/h8-11,16-18H,4,12-15H2,1-3,5-7H3,(H,29,30,31);1-2H3. The van der Waals surface area contributed by atoms with Crippen molar-refractivity contribution in [3.8, 4) is 5.75 Å². The zero-order chi connectivity index (χ0) is 27.1. The van der Waals surface area contributed by atoms with Crippen molar-refractivity contribution in [2.45, 2.75) is 34.6 Å². The summed E-state index contributed by atoms with van der Waals surface area (Å²) >= 11 is 0. The molecule has 1 aromatic heterocycles. The second-order valence-corrected chi connectivity index (χ2v) is 9.29. The van der Waals surface area contributed by atoms with E-state index < -0.39 is 0 Å². The minimum Gasteiger partial charge on any atom is -0.494 e. The lowest BCUT2D eigenvalue weighted by Crippen LogP contribution is -2.44. The number of nitrogens with one attached hydrogen (secondary N) is 1. The smallest absolute Gasteiger partial charge is 0.227 e. The van der Waals surface area contributed by atoms with Crippen LogP contribution in [0.4, 0.5) is 23.0 Å². The average molecular weight is 503 g/mol. The number of aromatic nitrogens is 2. The molecular formula is C30H42N6O. The molecule has 1 saturated heterocycles. The molecule has 0 unspecified atom stereocenters. The highest BCUT2D eigenvalue weighted by molar-refractivity contribution is 5.80. The zero-order valence-corrected chi connectivity index (χ0v) is 23.7. The molecule has 2 aromatic carbocycles. The third-order valence-electron chi connectivity index (χ3n) is 6.72. The number of likely N-dealkylation sites (N-methyl/N-ethyl adjacent to an activating group) is 1. The van der Waals surface area contributed by atoms with Crippen LogP contribution in [0, 0.1) is 20.8 Å². The van der Waals surface area contributed by atoms with E-state index in [-0.39, 0.29) is 0 Å². The maximum Gasteiger partial charge on any atom is 0.227 e. The summed E-state index contributed by atoms with van der Waals surface area (Å²) in [7, 11) is 5.86. The van der Waals surface area contributed by atoms with Crippen molar-refractivity contribution >= 4 is 28.7 Å². The predicted octanol–water partition coefficient (Wildman–Crippen LogP) is 6.04. The number of piperazine rings is 1. The number of benzene rings is 2. The van der Waals surface area contributed by atoms with Crippen molar-refractivity contribution in [2.75, 3.05) is 62.5 Å². The summed E-state index contributed by atoms with van der Waals surface area (Å²) < 4.78 is 5.69. The Balaban J connectivity index is 0.00000186. The van der Waals surface area contributed by atoms with Crippen LogP contribution >= 0.6 is 0 Å². The molecule has 0 amide bonds. The molecule has 3 aromatic rings. The lowest BCUT2D eigenvalue weighted by atomic mass is 10.0. The molecule has 0 bridgehead atoms. The maximum atomic E-state index is 5.69. The van der Waals surface area contributed by atoms with Crippen molar-refractivity contribution in [1.82, 2.24) is 14.9 Å². The van der Waals surface area contributed by atoms with Crippen LogP contribution < -0.4 is 19.9 Å². The van der Waals surface area contributed by atoms with Crippen molar-refractivity contribution in [3.63, 3.8) is 0 Å². The van der Waals surface area contributed by atoms with E-state index in [9.17, 15) is 0 Å². The first-order valence-corrected chi connectivity index (χ1v) is 13.0. The summed E-state index contributed by atoms with van der Waals surface area (Å²) in [6.45, 7) is 18.7. The fourth-order valence-corrected chi connectivity index (χ4v) is 4.39. The van der Waals surface area contributed by atoms with Gasteiger partial charge in [0.15, 0.2) is 0 Å². The lowest BCUT2D eigenvalue weighted by molar-refractivity contribution is 0.312. The molecule has 7 heteroatoms. The van der Waals surface area contributed by atoms with Gasteiger partial charge in [-0.2, -0.15) is 0 Å². The second-order valence-electron chi connectivity index (χ2n) is 9.29. The molecule has 0 radical (unpaired) electrons. The molecule has 7 nitrogen and oxygen atoms in total. The van der Waals surface area contributed by atoms with Crippen LogP contribution in [0.25, 0.3) is 5.70 Å². The highest BCUT2D eigenvalue weighted by Gasteiger charge is 2.17. The van der Waals surface area contributed by atoms with Crippen LogP contribution in [0.1, 0.15) is 36.2 Å². The molecule has 0 aliphatic carbocycles. The molecule has 0 spiro atoms. The van der Waals surface area contributed by atoms with E-state index in [0.29, 0.717) is 5.95 Å². The van der Waals surface area contributed by atoms with Gasteiger partial charge in [-0.25, -0.2) is 9.97 Å². The van der Waals surface area contributed by atoms with Gasteiger partial charge in [0.2, 0.25) is 5.95 Å². The average Bonchev–Trinajstić information content (AvgIpc) is 2.91. The summed E-state index contributed by atoms with van der Waals surface area (Å²) in [5.74, 6) is 1.30. The van der Waals surface area contributed by atoms with Gasteiger partial charge in [-0.3, -0.25) is 0 Å². The Hall–Kier alpha value is -3.58. The first kappa shape index (κ1) is 28.0. The fraction of sp³-hybridized carbons (Fsp3) is 0.400. The van der Waals surface area contributed by atoms with Gasteiger partial charge in [0.05, 0.1) is 30.4 Å². The number of nitrogens with zero attached hydrogens (tertiary/aromatic N) is 5. The van der Waals surface area contributed by atoms with Crippen LogP contribution in [0.2, 0.25) is 0 Å². The molecule has 1 aliphatic heterocycles. The highest BCUT2D eigenvalue weighted by atomic mass is 16.5. The van der Waals surface area contributed by atoms with E-state index in [1.807, 2.05) is 45.0 Å². The van der Waals surface area contributed by atoms with Crippen LogP contribution in [0.3, 0.4) is 0 Å². The lowest BCUT2D eigenvalue weighted by Gasteiger charge is -2.34. The summed E-state index contributed by atoms with van der Waals surface area (Å²) in [6, 6.07) is 12.7. The number of ether oxygens (including phenoxy) is 1. The van der Waals surface area contributed by atoms with Gasteiger partial charge in [0, 0.05) is 56.2 Å². The number of methoxy groups -OCH3 is 1. The van der Waals surface area contributed by atoms with Crippen molar-refractivity contribution < 1.29 is 4.74 Å². The number of hydrogen-bond donors (Lipinski definition) is 1. The van der Waals surface area contributed by atoms with E-state index in [2.05, 4.69) is 77.9 Å². The summed E-state index contributed by atoms with van der Waals surface area (Å²) in [6.07, 6.45) is 1.84. The van der Waals surface area contributed by atoms with Crippen LogP contribution in [-0.4, -0.2) is 62.3 Å². The van der Waals surface area contributed by atoms with Crippen molar-refractivity contribution in [1.29, 1.82) is 0 Å². The van der Waals surface area contributed by atoms with Crippen molar-refractivity contribution in [3.05, 3.63) is 71.6 Å². The molecular weight excluding hydrogens is 460 g/mol. The molecule has 37 heavy (non-hydrogen) atoms. The fourth-order valence-electron chi connectivity index (χ4n) is 4.39. The third-order valence-corrected chi connectivity index (χ3v) is 6.72. The van der Waals surface area contributed by atoms with Gasteiger partial charge >= 0.3 is 0 Å². The van der Waals surface area contributed by atoms with Gasteiger partial charge in [0.1, 0.15) is 5.75 Å². The first-order chi connectivity index (χ1) is 17.8. The normalized spacial score (nSPS) is 13.5. The molecule has 0 atom stereocenters. The molecule has 0 saturated carbocycles. The molecule has 1 fully saturated rings. The topological polar surface area (TPSA) is 56.8 Å². The van der Waals surface area contributed by atoms with Gasteiger partial charge in [0.25, 0.3) is 0 Å². The minimum absolute atomic E-state index is 0.530. The van der Waals surface area contributed by atoms with Crippen LogP contribution in [0.5, 0.6) is 5.75 Å². The number of rotatable bonds is 7. The Bertz CT molecular complexity index is 1220. The quantitative estimate of drug-likeness (QED) is 0.423. The van der Waals surface area contributed by atoms with Crippen molar-refractivity contribution in [2.24, 2.45) is 0 Å². The Morgan fingerprint density at radius 2 is 1.73 bits per heavy atom. The Morgan fingerprint density at radius 1 is 1.03 bits per heavy atom. The van der Waals surface area contributed by atoms with E-state index in [1.54, 1.807) is 7.11 Å². The van der Waals surface area contributed by atoms with Gasteiger partial charge in [-0.1, -0.05) is 38.1 Å². The molecule has 2 heterocycles. The molecule has 1 aliphatic rings. The van der Waals surface area contributed by atoms with Crippen LogP contribution in [0.15, 0.2) is 49.2 Å². The van der Waals surface area contributed by atoms with E-state index in [0.717, 1.165) is 60.3 Å². The predicted molar refractivity (Wildman–Crippen MR) is 157 cm³/mol. The Labute approximate surface area is 222 Å². The first-order valence-electron chi connectivity index (χ1n) is 13.0. The summed E-state index contributed by atoms with van der Waals surface area (Å²) in [5, 5.41) is 3.33. The monoisotopic (exact) mass is 502 g/mol. The summed E-state index contributed by atoms with van der Waals surface area (Å²) in [4.78, 5) is 16.1. The van der Waals surface area contributed by atoms with Crippen LogP contribution in [-0.2, 0) is 0 Å². The maximum absolute atomic E-state index is 5.69. The minimum atomic E-state index is 0.530. The second kappa shape index (κ2) is 12.6.